The molecule has 5 heteroatoms. The Hall–Kier alpha value is -1.55. The van der Waals surface area contributed by atoms with E-state index >= 15 is 0 Å². The lowest BCUT2D eigenvalue weighted by Crippen LogP contribution is -2.23. The number of hydrogen-bond donors (Lipinski definition) is 0. The largest absolute Gasteiger partial charge is 0.371 e. The molecule has 2 aliphatic rings. The summed E-state index contributed by atoms with van der Waals surface area (Å²) in [4.78, 5) is 6.78. The Morgan fingerprint density at radius 3 is 2.58 bits per heavy atom. The van der Waals surface area contributed by atoms with Crippen molar-refractivity contribution in [3.8, 4) is 0 Å². The van der Waals surface area contributed by atoms with Gasteiger partial charge in [0.1, 0.15) is 5.88 Å². The number of halogens is 1. The van der Waals surface area contributed by atoms with Crippen molar-refractivity contribution in [2.75, 3.05) is 18.0 Å². The zero-order valence-corrected chi connectivity index (χ0v) is 11.1. The quantitative estimate of drug-likeness (QED) is 0.808. The van der Waals surface area contributed by atoms with Gasteiger partial charge >= 0.3 is 0 Å². The van der Waals surface area contributed by atoms with Crippen LogP contribution in [0.3, 0.4) is 0 Å². The highest BCUT2D eigenvalue weighted by Crippen LogP contribution is 2.57. The normalized spacial score (nSPS) is 28.5. The van der Waals surface area contributed by atoms with Gasteiger partial charge in [-0.1, -0.05) is 23.4 Å². The zero-order valence-electron chi connectivity index (χ0n) is 10.4. The van der Waals surface area contributed by atoms with Crippen molar-refractivity contribution in [3.63, 3.8) is 0 Å². The SMILES string of the molecule is ClCc1nc(C2C3CN(c4ccccc4)CC32)no1. The molecule has 1 aromatic heterocycles. The van der Waals surface area contributed by atoms with E-state index in [9.17, 15) is 0 Å². The highest BCUT2D eigenvalue weighted by atomic mass is 35.5. The zero-order chi connectivity index (χ0) is 12.8. The number of nitrogens with zero attached hydrogens (tertiary/aromatic N) is 3. The number of benzene rings is 1. The van der Waals surface area contributed by atoms with E-state index in [1.807, 2.05) is 0 Å². The van der Waals surface area contributed by atoms with Crippen molar-refractivity contribution >= 4 is 17.3 Å². The summed E-state index contributed by atoms with van der Waals surface area (Å²) in [6.45, 7) is 2.17. The fraction of sp³-hybridized carbons (Fsp3) is 0.429. The van der Waals surface area contributed by atoms with Gasteiger partial charge < -0.3 is 9.42 Å². The Morgan fingerprint density at radius 1 is 1.21 bits per heavy atom. The van der Waals surface area contributed by atoms with Gasteiger partial charge in [0, 0.05) is 24.7 Å². The van der Waals surface area contributed by atoms with E-state index in [2.05, 4.69) is 45.4 Å². The van der Waals surface area contributed by atoms with Gasteiger partial charge in [-0.15, -0.1) is 11.6 Å². The van der Waals surface area contributed by atoms with Gasteiger partial charge in [0.15, 0.2) is 5.82 Å². The van der Waals surface area contributed by atoms with Crippen LogP contribution in [0, 0.1) is 11.8 Å². The number of hydrogen-bond acceptors (Lipinski definition) is 4. The van der Waals surface area contributed by atoms with Crippen LogP contribution in [0.4, 0.5) is 5.69 Å². The highest BCUT2D eigenvalue weighted by Gasteiger charge is 2.58. The summed E-state index contributed by atoms with van der Waals surface area (Å²) in [5.74, 6) is 3.48. The third-order valence-corrected chi connectivity index (χ3v) is 4.44. The molecule has 2 fully saturated rings. The van der Waals surface area contributed by atoms with Crippen LogP contribution in [0.5, 0.6) is 0 Å². The number of fused-ring (bicyclic) bond motifs is 1. The van der Waals surface area contributed by atoms with Gasteiger partial charge in [-0.3, -0.25) is 0 Å². The number of aromatic nitrogens is 2. The molecule has 19 heavy (non-hydrogen) atoms. The van der Waals surface area contributed by atoms with Gasteiger partial charge in [-0.2, -0.15) is 4.98 Å². The molecule has 0 N–H and O–H groups in total. The van der Waals surface area contributed by atoms with Crippen LogP contribution < -0.4 is 4.90 Å². The predicted molar refractivity (Wildman–Crippen MR) is 72.2 cm³/mol. The van der Waals surface area contributed by atoms with Crippen LogP contribution in [0.2, 0.25) is 0 Å². The second kappa shape index (κ2) is 4.23. The van der Waals surface area contributed by atoms with Gasteiger partial charge in [0.25, 0.3) is 0 Å². The molecule has 1 aliphatic heterocycles. The highest BCUT2D eigenvalue weighted by molar-refractivity contribution is 6.16. The summed E-state index contributed by atoms with van der Waals surface area (Å²) in [7, 11) is 0. The van der Waals surface area contributed by atoms with Crippen LogP contribution in [-0.2, 0) is 5.88 Å². The molecule has 0 bridgehead atoms. The van der Waals surface area contributed by atoms with Crippen molar-refractivity contribution in [1.82, 2.24) is 10.1 Å². The minimum atomic E-state index is 0.297. The lowest BCUT2D eigenvalue weighted by atomic mass is 10.2. The lowest BCUT2D eigenvalue weighted by molar-refractivity contribution is 0.383. The lowest BCUT2D eigenvalue weighted by Gasteiger charge is -2.21. The Morgan fingerprint density at radius 2 is 1.95 bits per heavy atom. The molecule has 1 saturated heterocycles. The Labute approximate surface area is 116 Å². The molecule has 4 nitrogen and oxygen atoms in total. The maximum Gasteiger partial charge on any atom is 0.241 e. The molecule has 0 radical (unpaired) electrons. The first-order chi connectivity index (χ1) is 9.36. The minimum absolute atomic E-state index is 0.297. The van der Waals surface area contributed by atoms with Gasteiger partial charge in [-0.05, 0) is 24.0 Å². The average molecular weight is 276 g/mol. The second-order valence-electron chi connectivity index (χ2n) is 5.27. The number of anilines is 1. The van der Waals surface area contributed by atoms with E-state index < -0.39 is 0 Å². The molecule has 2 atom stereocenters. The fourth-order valence-electron chi connectivity index (χ4n) is 3.22. The monoisotopic (exact) mass is 275 g/mol. The Kier molecular flexibility index (Phi) is 2.52. The standard InChI is InChI=1S/C14H14ClN3O/c15-6-12-16-14(17-19-12)13-10-7-18(8-11(10)13)9-4-2-1-3-5-9/h1-5,10-11,13H,6-8H2. The molecule has 4 rings (SSSR count). The predicted octanol–water partition coefficient (Wildman–Crippen LogP) is 2.66. The first-order valence-electron chi connectivity index (χ1n) is 6.55. The van der Waals surface area contributed by atoms with Gasteiger partial charge in [0.05, 0.1) is 0 Å². The van der Waals surface area contributed by atoms with Crippen molar-refractivity contribution < 1.29 is 4.52 Å². The average Bonchev–Trinajstić information content (AvgIpc) is 2.89. The summed E-state index contributed by atoms with van der Waals surface area (Å²) in [6, 6.07) is 10.6. The summed E-state index contributed by atoms with van der Waals surface area (Å²) in [5.41, 5.74) is 1.31. The maximum atomic E-state index is 5.68. The molecule has 1 aliphatic carbocycles. The fourth-order valence-corrected chi connectivity index (χ4v) is 3.33. The number of alkyl halides is 1. The van der Waals surface area contributed by atoms with Crippen LogP contribution in [0.25, 0.3) is 0 Å². The molecule has 2 aromatic rings. The van der Waals surface area contributed by atoms with Crippen LogP contribution in [-0.4, -0.2) is 23.2 Å². The maximum absolute atomic E-state index is 5.68. The van der Waals surface area contributed by atoms with Crippen molar-refractivity contribution in [2.24, 2.45) is 11.8 Å². The van der Waals surface area contributed by atoms with Gasteiger partial charge in [-0.25, -0.2) is 0 Å². The number of para-hydroxylation sites is 1. The van der Waals surface area contributed by atoms with Crippen LogP contribution >= 0.6 is 11.6 Å². The van der Waals surface area contributed by atoms with Crippen LogP contribution in [0.15, 0.2) is 34.9 Å². The summed E-state index contributed by atoms with van der Waals surface area (Å²) >= 11 is 5.68. The molecule has 0 amide bonds. The minimum Gasteiger partial charge on any atom is -0.371 e. The molecular formula is C14H14ClN3O. The summed E-state index contributed by atoms with van der Waals surface area (Å²) < 4.78 is 5.09. The summed E-state index contributed by atoms with van der Waals surface area (Å²) in [6.07, 6.45) is 0. The molecule has 0 spiro atoms. The Balaban J connectivity index is 1.46. The Bertz CT molecular complexity index is 573. The second-order valence-corrected chi connectivity index (χ2v) is 5.54. The van der Waals surface area contributed by atoms with E-state index in [1.165, 1.54) is 5.69 Å². The smallest absolute Gasteiger partial charge is 0.241 e. The molecule has 1 saturated carbocycles. The molecule has 1 aromatic carbocycles. The molecule has 2 heterocycles. The van der Waals surface area contributed by atoms with Crippen molar-refractivity contribution in [3.05, 3.63) is 42.0 Å². The summed E-state index contributed by atoms with van der Waals surface area (Å²) in [5, 5.41) is 4.04. The first kappa shape index (κ1) is 11.3. The van der Waals surface area contributed by atoms with Crippen LogP contribution in [0.1, 0.15) is 17.6 Å². The van der Waals surface area contributed by atoms with E-state index in [4.69, 9.17) is 16.1 Å². The van der Waals surface area contributed by atoms with E-state index in [0.717, 1.165) is 18.9 Å². The molecular weight excluding hydrogens is 262 g/mol. The van der Waals surface area contributed by atoms with Gasteiger partial charge in [0.2, 0.25) is 5.89 Å². The third-order valence-electron chi connectivity index (χ3n) is 4.21. The van der Waals surface area contributed by atoms with Crippen molar-refractivity contribution in [1.29, 1.82) is 0 Å². The number of rotatable bonds is 3. The third kappa shape index (κ3) is 1.82. The topological polar surface area (TPSA) is 42.2 Å². The van der Waals surface area contributed by atoms with E-state index in [-0.39, 0.29) is 0 Å². The molecule has 2 unspecified atom stereocenters. The van der Waals surface area contributed by atoms with Crippen molar-refractivity contribution in [2.45, 2.75) is 11.8 Å². The first-order valence-corrected chi connectivity index (χ1v) is 7.08. The van der Waals surface area contributed by atoms with E-state index in [1.54, 1.807) is 0 Å². The number of piperidine rings is 1. The van der Waals surface area contributed by atoms with E-state index in [0.29, 0.717) is 29.5 Å². The molecule has 98 valence electrons.